The van der Waals surface area contributed by atoms with Crippen LogP contribution in [-0.2, 0) is 0 Å². The van der Waals surface area contributed by atoms with Gasteiger partial charge in [0.15, 0.2) is 0 Å². The van der Waals surface area contributed by atoms with Crippen LogP contribution in [0.2, 0.25) is 0 Å². The minimum Gasteiger partial charge on any atom is -0.494 e. The van der Waals surface area contributed by atoms with E-state index in [-0.39, 0.29) is 0 Å². The van der Waals surface area contributed by atoms with Crippen LogP contribution in [0, 0.1) is 13.8 Å². The fourth-order valence-corrected chi connectivity index (χ4v) is 3.49. The predicted octanol–water partition coefficient (Wildman–Crippen LogP) is 5.59. The van der Waals surface area contributed by atoms with Gasteiger partial charge in [0.25, 0.3) is 0 Å². The van der Waals surface area contributed by atoms with E-state index in [1.165, 1.54) is 11.1 Å². The molecule has 0 amide bonds. The van der Waals surface area contributed by atoms with Crippen LogP contribution in [0.1, 0.15) is 16.7 Å². The number of hydrogen-bond donors (Lipinski definition) is 0. The Morgan fingerprint density at radius 2 is 1.70 bits per heavy atom. The van der Waals surface area contributed by atoms with Gasteiger partial charge in [-0.15, -0.1) is 0 Å². The van der Waals surface area contributed by atoms with Gasteiger partial charge in [-0.2, -0.15) is 0 Å². The Morgan fingerprint density at radius 1 is 1.05 bits per heavy atom. The molecule has 0 aliphatic carbocycles. The second-order valence-electron chi connectivity index (χ2n) is 4.57. The second kappa shape index (κ2) is 6.55. The maximum Gasteiger partial charge on any atom is 0.147 e. The first-order valence-corrected chi connectivity index (χ1v) is 7.74. The Kier molecular flexibility index (Phi) is 5.00. The molecular weight excluding hydrogens is 382 g/mol. The largest absolute Gasteiger partial charge is 0.494 e. The Labute approximate surface area is 136 Å². The van der Waals surface area contributed by atoms with Crippen LogP contribution in [0.15, 0.2) is 44.3 Å². The van der Waals surface area contributed by atoms with E-state index >= 15 is 0 Å². The van der Waals surface area contributed by atoms with Gasteiger partial charge < -0.3 is 4.74 Å². The summed E-state index contributed by atoms with van der Waals surface area (Å²) in [6, 6.07) is 10.2. The topological polar surface area (TPSA) is 21.6 Å². The highest BCUT2D eigenvalue weighted by molar-refractivity contribution is 9.11. The van der Waals surface area contributed by atoms with Gasteiger partial charge in [0, 0.05) is 6.21 Å². The molecule has 0 aliphatic heterocycles. The van der Waals surface area contributed by atoms with Crippen molar-refractivity contribution in [2.24, 2.45) is 4.99 Å². The molecule has 2 aromatic carbocycles. The Bertz CT molecular complexity index is 643. The summed E-state index contributed by atoms with van der Waals surface area (Å²) in [5.74, 6) is 0.786. The van der Waals surface area contributed by atoms with Gasteiger partial charge in [-0.3, -0.25) is 4.99 Å². The molecule has 0 aromatic heterocycles. The fourth-order valence-electron chi connectivity index (χ4n) is 1.94. The number of methoxy groups -OCH3 is 1. The third-order valence-electron chi connectivity index (χ3n) is 2.93. The smallest absolute Gasteiger partial charge is 0.147 e. The van der Waals surface area contributed by atoms with E-state index in [2.05, 4.69) is 62.8 Å². The van der Waals surface area contributed by atoms with Gasteiger partial charge in [0.05, 0.1) is 21.7 Å². The van der Waals surface area contributed by atoms with Crippen molar-refractivity contribution in [2.45, 2.75) is 13.8 Å². The van der Waals surface area contributed by atoms with Gasteiger partial charge in [-0.05, 0) is 75.0 Å². The third kappa shape index (κ3) is 3.49. The van der Waals surface area contributed by atoms with Crippen LogP contribution in [0.3, 0.4) is 0 Å². The molecule has 2 aromatic rings. The van der Waals surface area contributed by atoms with Gasteiger partial charge in [0.1, 0.15) is 5.75 Å². The maximum atomic E-state index is 5.29. The maximum absolute atomic E-state index is 5.29. The van der Waals surface area contributed by atoms with Crippen LogP contribution in [0.5, 0.6) is 5.75 Å². The van der Waals surface area contributed by atoms with E-state index in [0.29, 0.717) is 0 Å². The van der Waals surface area contributed by atoms with Crippen LogP contribution in [-0.4, -0.2) is 13.3 Å². The molecule has 0 bridgehead atoms. The average molecular weight is 397 g/mol. The van der Waals surface area contributed by atoms with Gasteiger partial charge in [0.2, 0.25) is 0 Å². The Hall–Kier alpha value is -1.13. The number of aryl methyl sites for hydroxylation is 2. The van der Waals surface area contributed by atoms with Crippen molar-refractivity contribution in [1.29, 1.82) is 0 Å². The zero-order valence-electron chi connectivity index (χ0n) is 11.6. The minimum atomic E-state index is 0.786. The molecular formula is C16H15Br2NO. The summed E-state index contributed by atoms with van der Waals surface area (Å²) in [7, 11) is 1.65. The lowest BCUT2D eigenvalue weighted by Gasteiger charge is -2.07. The lowest BCUT2D eigenvalue weighted by atomic mass is 10.1. The number of ether oxygens (including phenoxy) is 1. The molecule has 0 atom stereocenters. The summed E-state index contributed by atoms with van der Waals surface area (Å²) < 4.78 is 7.09. The van der Waals surface area contributed by atoms with Crippen molar-refractivity contribution in [3.05, 3.63) is 56.0 Å². The van der Waals surface area contributed by atoms with E-state index in [1.807, 2.05) is 24.4 Å². The monoisotopic (exact) mass is 395 g/mol. The standard InChI is InChI=1S/C16H15Br2NO/c1-10-4-5-15(11(2)6-10)19-9-12-7-13(17)16(20-3)14(18)8-12/h4-9H,1-3H3. The number of nitrogens with zero attached hydrogens (tertiary/aromatic N) is 1. The summed E-state index contributed by atoms with van der Waals surface area (Å²) >= 11 is 6.98. The van der Waals surface area contributed by atoms with Gasteiger partial charge >= 0.3 is 0 Å². The molecule has 0 unspecified atom stereocenters. The van der Waals surface area contributed by atoms with E-state index in [1.54, 1.807) is 7.11 Å². The number of aliphatic imine (C=N–C) groups is 1. The predicted molar refractivity (Wildman–Crippen MR) is 91.6 cm³/mol. The summed E-state index contributed by atoms with van der Waals surface area (Å²) in [6.45, 7) is 4.15. The zero-order valence-corrected chi connectivity index (χ0v) is 14.7. The molecule has 104 valence electrons. The number of benzene rings is 2. The quantitative estimate of drug-likeness (QED) is 0.619. The molecule has 20 heavy (non-hydrogen) atoms. The van der Waals surface area contributed by atoms with Gasteiger partial charge in [-0.1, -0.05) is 17.7 Å². The SMILES string of the molecule is COc1c(Br)cc(C=Nc2ccc(C)cc2C)cc1Br. The summed E-state index contributed by atoms with van der Waals surface area (Å²) in [6.07, 6.45) is 1.85. The van der Waals surface area contributed by atoms with Crippen molar-refractivity contribution < 1.29 is 4.74 Å². The average Bonchev–Trinajstić information content (AvgIpc) is 2.37. The first-order valence-electron chi connectivity index (χ1n) is 6.15. The van der Waals surface area contributed by atoms with E-state index < -0.39 is 0 Å². The third-order valence-corrected chi connectivity index (χ3v) is 4.11. The minimum absolute atomic E-state index is 0.786. The van der Waals surface area contributed by atoms with Crippen molar-refractivity contribution in [1.82, 2.24) is 0 Å². The zero-order chi connectivity index (χ0) is 14.7. The Balaban J connectivity index is 2.32. The lowest BCUT2D eigenvalue weighted by Crippen LogP contribution is -1.89. The molecule has 2 nitrogen and oxygen atoms in total. The van der Waals surface area contributed by atoms with Crippen LogP contribution in [0.25, 0.3) is 0 Å². The number of rotatable bonds is 3. The number of hydrogen-bond acceptors (Lipinski definition) is 2. The van der Waals surface area contributed by atoms with Crippen molar-refractivity contribution in [2.75, 3.05) is 7.11 Å². The highest BCUT2D eigenvalue weighted by Crippen LogP contribution is 2.34. The molecule has 4 heteroatoms. The first kappa shape index (κ1) is 15.3. The Morgan fingerprint density at radius 3 is 2.25 bits per heavy atom. The fraction of sp³-hybridized carbons (Fsp3) is 0.188. The molecule has 0 spiro atoms. The summed E-state index contributed by atoms with van der Waals surface area (Å²) in [4.78, 5) is 4.55. The molecule has 0 N–H and O–H groups in total. The molecule has 0 saturated carbocycles. The highest BCUT2D eigenvalue weighted by atomic mass is 79.9. The second-order valence-corrected chi connectivity index (χ2v) is 6.27. The van der Waals surface area contributed by atoms with E-state index in [0.717, 1.165) is 25.9 Å². The molecule has 0 aliphatic rings. The first-order chi connectivity index (χ1) is 9.51. The van der Waals surface area contributed by atoms with Crippen molar-refractivity contribution in [3.63, 3.8) is 0 Å². The molecule has 0 heterocycles. The summed E-state index contributed by atoms with van der Waals surface area (Å²) in [5.41, 5.74) is 4.41. The number of halogens is 2. The molecule has 0 fully saturated rings. The van der Waals surface area contributed by atoms with Crippen LogP contribution in [0.4, 0.5) is 5.69 Å². The van der Waals surface area contributed by atoms with Crippen LogP contribution < -0.4 is 4.74 Å². The highest BCUT2D eigenvalue weighted by Gasteiger charge is 2.06. The molecule has 2 rings (SSSR count). The lowest BCUT2D eigenvalue weighted by molar-refractivity contribution is 0.409. The van der Waals surface area contributed by atoms with Crippen molar-refractivity contribution >= 4 is 43.8 Å². The summed E-state index contributed by atoms with van der Waals surface area (Å²) in [5, 5.41) is 0. The van der Waals surface area contributed by atoms with Gasteiger partial charge in [-0.25, -0.2) is 0 Å². The van der Waals surface area contributed by atoms with Crippen molar-refractivity contribution in [3.8, 4) is 5.75 Å². The molecule has 0 radical (unpaired) electrons. The van der Waals surface area contributed by atoms with Crippen LogP contribution >= 0.6 is 31.9 Å². The molecule has 0 saturated heterocycles. The van der Waals surface area contributed by atoms with E-state index in [4.69, 9.17) is 4.74 Å². The normalized spacial score (nSPS) is 11.1. The van der Waals surface area contributed by atoms with E-state index in [9.17, 15) is 0 Å².